The van der Waals surface area contributed by atoms with Crippen molar-refractivity contribution < 1.29 is 29.0 Å². The minimum atomic E-state index is -1.33. The average molecular weight is 418 g/mol. The highest BCUT2D eigenvalue weighted by Crippen LogP contribution is 2.36. The maximum Gasteiger partial charge on any atom is 0.329 e. The van der Waals surface area contributed by atoms with E-state index in [1.807, 2.05) is 25.1 Å². The number of carbonyl (C=O) groups excluding carboxylic acids is 2. The zero-order valence-corrected chi connectivity index (χ0v) is 18.0. The number of carboxylic acids is 1. The number of likely N-dealkylation sites (tertiary alicyclic amines) is 1. The zero-order chi connectivity index (χ0) is 21.9. The molecule has 2 heterocycles. The summed E-state index contributed by atoms with van der Waals surface area (Å²) in [5.41, 5.74) is -1.10. The fourth-order valence-electron chi connectivity index (χ4n) is 4.18. The molecule has 1 aromatic rings. The molecule has 0 radical (unpaired) electrons. The first-order valence-electron chi connectivity index (χ1n) is 10.7. The van der Waals surface area contributed by atoms with Crippen LogP contribution < -0.4 is 9.47 Å². The Morgan fingerprint density at radius 2 is 1.90 bits per heavy atom. The number of Topliss-reactive ketones (excluding diaryl/α,β-unsaturated/α-hetero) is 1. The second kappa shape index (κ2) is 8.66. The van der Waals surface area contributed by atoms with Gasteiger partial charge in [0.1, 0.15) is 5.54 Å². The van der Waals surface area contributed by atoms with Gasteiger partial charge in [0.25, 0.3) is 5.91 Å². The molecule has 1 aromatic carbocycles. The number of aliphatic carboxylic acids is 1. The Bertz CT molecular complexity index is 833. The second-order valence-corrected chi connectivity index (χ2v) is 8.86. The molecule has 0 spiro atoms. The third-order valence-corrected chi connectivity index (χ3v) is 6.57. The molecule has 1 fully saturated rings. The lowest BCUT2D eigenvalue weighted by Crippen LogP contribution is -2.61. The number of benzene rings is 1. The maximum absolute atomic E-state index is 13.1. The number of ether oxygens (including phenoxy) is 2. The molecule has 7 heteroatoms. The fraction of sp³-hybridized carbons (Fsp3) is 0.609. The van der Waals surface area contributed by atoms with Crippen LogP contribution in [0.15, 0.2) is 18.2 Å². The van der Waals surface area contributed by atoms with E-state index in [0.717, 1.165) is 12.0 Å². The summed E-state index contributed by atoms with van der Waals surface area (Å²) in [6, 6.07) is 5.71. The molecule has 1 amide bonds. The van der Waals surface area contributed by atoms with Crippen LogP contribution in [-0.2, 0) is 20.8 Å². The number of nitrogens with zero attached hydrogens (tertiary/aromatic N) is 1. The van der Waals surface area contributed by atoms with Crippen LogP contribution in [-0.4, -0.2) is 46.5 Å². The minimum Gasteiger partial charge on any atom is -0.479 e. The van der Waals surface area contributed by atoms with Crippen molar-refractivity contribution in [3.8, 4) is 11.5 Å². The van der Waals surface area contributed by atoms with E-state index in [-0.39, 0.29) is 6.79 Å². The molecule has 1 N–H and O–H groups in total. The Balaban J connectivity index is 1.75. The van der Waals surface area contributed by atoms with E-state index in [1.165, 1.54) is 4.90 Å². The van der Waals surface area contributed by atoms with Crippen LogP contribution in [0.4, 0.5) is 0 Å². The minimum absolute atomic E-state index is 0.208. The standard InChI is InChI=1S/C23H31NO6/c1-4-22(2,3)19(25)20(26)24-13-6-5-11-23(24,21(27)28)12-7-8-16-9-10-17-18(14-16)30-15-29-17/h9-10,14H,4-8,11-13,15H2,1-3H3,(H,27,28). The SMILES string of the molecule is CCC(C)(C)C(=O)C(=O)N1CCCCC1(CCCc1ccc2c(c1)OCO2)C(=O)O. The number of carboxylic acid groups (broad SMARTS) is 1. The predicted octanol–water partition coefficient (Wildman–Crippen LogP) is 3.58. The highest BCUT2D eigenvalue weighted by Gasteiger charge is 2.50. The van der Waals surface area contributed by atoms with Crippen molar-refractivity contribution in [3.05, 3.63) is 23.8 Å². The van der Waals surface area contributed by atoms with Crippen LogP contribution in [0.2, 0.25) is 0 Å². The van der Waals surface area contributed by atoms with Gasteiger partial charge in [0.05, 0.1) is 0 Å². The van der Waals surface area contributed by atoms with Gasteiger partial charge >= 0.3 is 5.97 Å². The van der Waals surface area contributed by atoms with Crippen LogP contribution in [0.1, 0.15) is 64.9 Å². The molecule has 0 aromatic heterocycles. The van der Waals surface area contributed by atoms with Crippen LogP contribution in [0.25, 0.3) is 0 Å². The number of piperidine rings is 1. The van der Waals surface area contributed by atoms with Crippen molar-refractivity contribution >= 4 is 17.7 Å². The van der Waals surface area contributed by atoms with Gasteiger partial charge in [0.2, 0.25) is 12.6 Å². The third kappa shape index (κ3) is 4.16. The molecule has 30 heavy (non-hydrogen) atoms. The van der Waals surface area contributed by atoms with Gasteiger partial charge in [-0.1, -0.05) is 26.8 Å². The van der Waals surface area contributed by atoms with Crippen molar-refractivity contribution in [2.45, 2.75) is 71.3 Å². The maximum atomic E-state index is 13.1. The number of fused-ring (bicyclic) bond motifs is 1. The Hall–Kier alpha value is -2.57. The largest absolute Gasteiger partial charge is 0.479 e. The summed E-state index contributed by atoms with van der Waals surface area (Å²) in [6.45, 7) is 5.84. The lowest BCUT2D eigenvalue weighted by atomic mass is 9.79. The molecule has 2 aliphatic heterocycles. The lowest BCUT2D eigenvalue weighted by molar-refractivity contribution is -0.167. The van der Waals surface area contributed by atoms with Gasteiger partial charge in [-0.2, -0.15) is 0 Å². The summed E-state index contributed by atoms with van der Waals surface area (Å²) >= 11 is 0. The van der Waals surface area contributed by atoms with Crippen LogP contribution >= 0.6 is 0 Å². The van der Waals surface area contributed by atoms with Gasteiger partial charge in [-0.25, -0.2) is 4.79 Å². The molecule has 0 aliphatic carbocycles. The van der Waals surface area contributed by atoms with Gasteiger partial charge in [-0.15, -0.1) is 0 Å². The molecule has 0 bridgehead atoms. The van der Waals surface area contributed by atoms with E-state index in [0.29, 0.717) is 56.6 Å². The van der Waals surface area contributed by atoms with Crippen molar-refractivity contribution in [1.29, 1.82) is 0 Å². The summed E-state index contributed by atoms with van der Waals surface area (Å²) in [5.74, 6) is -0.784. The van der Waals surface area contributed by atoms with Crippen molar-refractivity contribution in [1.82, 2.24) is 4.90 Å². The first-order chi connectivity index (χ1) is 14.2. The molecule has 1 atom stereocenters. The molecule has 2 aliphatic rings. The number of rotatable bonds is 8. The average Bonchev–Trinajstić information content (AvgIpc) is 3.20. The summed E-state index contributed by atoms with van der Waals surface area (Å²) in [4.78, 5) is 39.6. The number of aryl methyl sites for hydroxylation is 1. The molecule has 7 nitrogen and oxygen atoms in total. The van der Waals surface area contributed by atoms with Crippen molar-refractivity contribution in [3.63, 3.8) is 0 Å². The zero-order valence-electron chi connectivity index (χ0n) is 18.0. The number of hydrogen-bond donors (Lipinski definition) is 1. The number of carbonyl (C=O) groups is 3. The quantitative estimate of drug-likeness (QED) is 0.650. The fourth-order valence-corrected chi connectivity index (χ4v) is 4.18. The molecular formula is C23H31NO6. The molecular weight excluding hydrogens is 386 g/mol. The van der Waals surface area contributed by atoms with E-state index >= 15 is 0 Å². The number of ketones is 1. The Morgan fingerprint density at radius 3 is 2.60 bits per heavy atom. The second-order valence-electron chi connectivity index (χ2n) is 8.86. The van der Waals surface area contributed by atoms with Gasteiger partial charge in [0, 0.05) is 12.0 Å². The molecule has 164 valence electrons. The first kappa shape index (κ1) is 22.1. The summed E-state index contributed by atoms with van der Waals surface area (Å²) in [6.07, 6.45) is 3.88. The topological polar surface area (TPSA) is 93.1 Å². The lowest BCUT2D eigenvalue weighted by Gasteiger charge is -2.44. The Kier molecular flexibility index (Phi) is 6.38. The highest BCUT2D eigenvalue weighted by atomic mass is 16.7. The molecule has 0 saturated carbocycles. The summed E-state index contributed by atoms with van der Waals surface area (Å²) in [7, 11) is 0. The van der Waals surface area contributed by atoms with E-state index in [2.05, 4.69) is 0 Å². The predicted molar refractivity (Wildman–Crippen MR) is 111 cm³/mol. The van der Waals surface area contributed by atoms with Gasteiger partial charge in [-0.3, -0.25) is 9.59 Å². The van der Waals surface area contributed by atoms with Gasteiger partial charge < -0.3 is 19.5 Å². The normalized spacial score (nSPS) is 20.8. The molecule has 1 unspecified atom stereocenters. The van der Waals surface area contributed by atoms with Crippen LogP contribution in [0, 0.1) is 5.41 Å². The highest BCUT2D eigenvalue weighted by molar-refractivity contribution is 6.38. The van der Waals surface area contributed by atoms with E-state index in [1.54, 1.807) is 13.8 Å². The summed E-state index contributed by atoms with van der Waals surface area (Å²) in [5, 5.41) is 10.1. The van der Waals surface area contributed by atoms with Gasteiger partial charge in [-0.05, 0) is 62.6 Å². The van der Waals surface area contributed by atoms with Gasteiger partial charge in [0.15, 0.2) is 11.5 Å². The molecule has 1 saturated heterocycles. The number of hydrogen-bond acceptors (Lipinski definition) is 5. The van der Waals surface area contributed by atoms with Crippen molar-refractivity contribution in [2.24, 2.45) is 5.41 Å². The van der Waals surface area contributed by atoms with Crippen molar-refractivity contribution in [2.75, 3.05) is 13.3 Å². The molecule has 3 rings (SSSR count). The Morgan fingerprint density at radius 1 is 1.17 bits per heavy atom. The monoisotopic (exact) mass is 417 g/mol. The van der Waals surface area contributed by atoms with E-state index in [4.69, 9.17) is 9.47 Å². The van der Waals surface area contributed by atoms with Crippen LogP contribution in [0.3, 0.4) is 0 Å². The smallest absolute Gasteiger partial charge is 0.329 e. The third-order valence-electron chi connectivity index (χ3n) is 6.57. The Labute approximate surface area is 177 Å². The van der Waals surface area contributed by atoms with E-state index < -0.39 is 28.6 Å². The summed E-state index contributed by atoms with van der Waals surface area (Å²) < 4.78 is 10.7. The number of amides is 1. The van der Waals surface area contributed by atoms with E-state index in [9.17, 15) is 19.5 Å². The van der Waals surface area contributed by atoms with Crippen LogP contribution in [0.5, 0.6) is 11.5 Å². The first-order valence-corrected chi connectivity index (χ1v) is 10.7.